The summed E-state index contributed by atoms with van der Waals surface area (Å²) in [7, 11) is 0. The van der Waals surface area contributed by atoms with E-state index in [0.29, 0.717) is 29.6 Å². The topological polar surface area (TPSA) is 41.1 Å². The molecule has 0 aliphatic heterocycles. The molecule has 0 aliphatic rings. The van der Waals surface area contributed by atoms with Crippen LogP contribution in [0.25, 0.3) is 0 Å². The minimum absolute atomic E-state index is 0.0496. The van der Waals surface area contributed by atoms with Gasteiger partial charge in [-0.05, 0) is 43.1 Å². The molecule has 24 heavy (non-hydrogen) atoms. The van der Waals surface area contributed by atoms with Crippen molar-refractivity contribution in [3.63, 3.8) is 0 Å². The Balaban J connectivity index is 1.61. The highest BCUT2D eigenvalue weighted by atomic mass is 35.5. The number of hydrogen-bond acceptors (Lipinski definition) is 2. The minimum atomic E-state index is 0.0496. The first-order valence-electron chi connectivity index (χ1n) is 8.01. The van der Waals surface area contributed by atoms with Crippen LogP contribution < -0.4 is 10.6 Å². The molecule has 0 bridgehead atoms. The van der Waals surface area contributed by atoms with Gasteiger partial charge in [0.25, 0.3) is 0 Å². The molecule has 0 atom stereocenters. The van der Waals surface area contributed by atoms with Crippen LogP contribution >= 0.6 is 23.2 Å². The molecule has 0 aromatic heterocycles. The third-order valence-electron chi connectivity index (χ3n) is 3.69. The Kier molecular flexibility index (Phi) is 7.57. The fourth-order valence-electron chi connectivity index (χ4n) is 2.39. The number of rotatable bonds is 8. The minimum Gasteiger partial charge on any atom is -0.352 e. The van der Waals surface area contributed by atoms with E-state index < -0.39 is 0 Å². The maximum absolute atomic E-state index is 11.8. The van der Waals surface area contributed by atoms with Crippen molar-refractivity contribution in [3.8, 4) is 0 Å². The van der Waals surface area contributed by atoms with Gasteiger partial charge in [0, 0.05) is 29.6 Å². The third kappa shape index (κ3) is 6.52. The number of halogens is 2. The maximum atomic E-state index is 11.8. The zero-order chi connectivity index (χ0) is 17.4. The van der Waals surface area contributed by atoms with Crippen molar-refractivity contribution in [2.75, 3.05) is 13.1 Å². The zero-order valence-corrected chi connectivity index (χ0v) is 15.3. The van der Waals surface area contributed by atoms with Crippen LogP contribution in [0.5, 0.6) is 0 Å². The van der Waals surface area contributed by atoms with Gasteiger partial charge in [-0.25, -0.2) is 0 Å². The van der Waals surface area contributed by atoms with Gasteiger partial charge >= 0.3 is 0 Å². The van der Waals surface area contributed by atoms with Crippen molar-refractivity contribution in [3.05, 3.63) is 69.2 Å². The largest absolute Gasteiger partial charge is 0.352 e. The summed E-state index contributed by atoms with van der Waals surface area (Å²) >= 11 is 12.0. The number of aryl methyl sites for hydroxylation is 1. The number of carbonyl (C=O) groups is 1. The van der Waals surface area contributed by atoms with Gasteiger partial charge in [0.1, 0.15) is 0 Å². The Morgan fingerprint density at radius 1 is 1.08 bits per heavy atom. The molecule has 0 radical (unpaired) electrons. The van der Waals surface area contributed by atoms with Gasteiger partial charge in [-0.15, -0.1) is 0 Å². The molecule has 128 valence electrons. The molecule has 2 aromatic carbocycles. The molecule has 5 heteroatoms. The van der Waals surface area contributed by atoms with E-state index in [1.54, 1.807) is 6.07 Å². The second-order valence-electron chi connectivity index (χ2n) is 5.75. The van der Waals surface area contributed by atoms with Crippen molar-refractivity contribution in [2.45, 2.75) is 26.3 Å². The van der Waals surface area contributed by atoms with E-state index in [9.17, 15) is 4.79 Å². The van der Waals surface area contributed by atoms with E-state index in [-0.39, 0.29) is 5.91 Å². The SMILES string of the molecule is Cc1cccc(CNC(=O)CCNCCc2ccc(Cl)cc2Cl)c1. The highest BCUT2D eigenvalue weighted by Gasteiger charge is 2.03. The molecule has 0 spiro atoms. The van der Waals surface area contributed by atoms with Crippen molar-refractivity contribution in [1.82, 2.24) is 10.6 Å². The van der Waals surface area contributed by atoms with Gasteiger partial charge < -0.3 is 10.6 Å². The van der Waals surface area contributed by atoms with Crippen LogP contribution in [0.1, 0.15) is 23.1 Å². The van der Waals surface area contributed by atoms with E-state index in [1.165, 1.54) is 5.56 Å². The van der Waals surface area contributed by atoms with Crippen LogP contribution in [0.2, 0.25) is 10.0 Å². The second-order valence-corrected chi connectivity index (χ2v) is 6.60. The molecule has 0 aliphatic carbocycles. The lowest BCUT2D eigenvalue weighted by atomic mass is 10.1. The van der Waals surface area contributed by atoms with E-state index in [4.69, 9.17) is 23.2 Å². The summed E-state index contributed by atoms with van der Waals surface area (Å²) in [6.07, 6.45) is 1.26. The molecule has 0 saturated heterocycles. The summed E-state index contributed by atoms with van der Waals surface area (Å²) in [5, 5.41) is 7.52. The van der Waals surface area contributed by atoms with Crippen molar-refractivity contribution < 1.29 is 4.79 Å². The van der Waals surface area contributed by atoms with Gasteiger partial charge in [-0.3, -0.25) is 4.79 Å². The smallest absolute Gasteiger partial charge is 0.221 e. The van der Waals surface area contributed by atoms with Gasteiger partial charge in [0.15, 0.2) is 0 Å². The summed E-state index contributed by atoms with van der Waals surface area (Å²) in [5.41, 5.74) is 3.37. The van der Waals surface area contributed by atoms with Crippen molar-refractivity contribution in [1.29, 1.82) is 0 Å². The standard InChI is InChI=1S/C19H22Cl2N2O/c1-14-3-2-4-15(11-14)13-23-19(24)8-10-22-9-7-16-5-6-17(20)12-18(16)21/h2-6,11-12,22H,7-10,13H2,1H3,(H,23,24). The number of hydrogen-bond donors (Lipinski definition) is 2. The Morgan fingerprint density at radius 3 is 2.67 bits per heavy atom. The molecule has 0 heterocycles. The molecule has 2 N–H and O–H groups in total. The molecular formula is C19H22Cl2N2O. The van der Waals surface area contributed by atoms with Crippen LogP contribution in [0.15, 0.2) is 42.5 Å². The first kappa shape index (κ1) is 18.8. The number of carbonyl (C=O) groups excluding carboxylic acids is 1. The highest BCUT2D eigenvalue weighted by molar-refractivity contribution is 6.35. The molecule has 0 unspecified atom stereocenters. The first-order chi connectivity index (χ1) is 11.5. The zero-order valence-electron chi connectivity index (χ0n) is 13.7. The van der Waals surface area contributed by atoms with E-state index >= 15 is 0 Å². The lowest BCUT2D eigenvalue weighted by Gasteiger charge is -2.08. The van der Waals surface area contributed by atoms with Crippen LogP contribution in [0.4, 0.5) is 0 Å². The second kappa shape index (κ2) is 9.67. The number of nitrogens with one attached hydrogen (secondary N) is 2. The molecule has 2 aromatic rings. The fraction of sp³-hybridized carbons (Fsp3) is 0.316. The summed E-state index contributed by atoms with van der Waals surface area (Å²) in [6, 6.07) is 13.7. The monoisotopic (exact) mass is 364 g/mol. The highest BCUT2D eigenvalue weighted by Crippen LogP contribution is 2.20. The predicted molar refractivity (Wildman–Crippen MR) is 101 cm³/mol. The lowest BCUT2D eigenvalue weighted by molar-refractivity contribution is -0.121. The number of benzene rings is 2. The summed E-state index contributed by atoms with van der Waals surface area (Å²) in [6.45, 7) is 4.03. The number of amides is 1. The quantitative estimate of drug-likeness (QED) is 0.691. The normalized spacial score (nSPS) is 10.6. The summed E-state index contributed by atoms with van der Waals surface area (Å²) < 4.78 is 0. The summed E-state index contributed by atoms with van der Waals surface area (Å²) in [5.74, 6) is 0.0496. The van der Waals surface area contributed by atoms with Gasteiger partial charge in [0.2, 0.25) is 5.91 Å². The average molecular weight is 365 g/mol. The Hall–Kier alpha value is -1.55. The molecule has 0 fully saturated rings. The molecule has 2 rings (SSSR count). The van der Waals surface area contributed by atoms with Crippen molar-refractivity contribution >= 4 is 29.1 Å². The van der Waals surface area contributed by atoms with Gasteiger partial charge in [0.05, 0.1) is 0 Å². The molecular weight excluding hydrogens is 343 g/mol. The Morgan fingerprint density at radius 2 is 1.92 bits per heavy atom. The van der Waals surface area contributed by atoms with Gasteiger partial charge in [-0.2, -0.15) is 0 Å². The first-order valence-corrected chi connectivity index (χ1v) is 8.77. The van der Waals surface area contributed by atoms with Crippen LogP contribution in [-0.2, 0) is 17.8 Å². The third-order valence-corrected chi connectivity index (χ3v) is 4.27. The van der Waals surface area contributed by atoms with E-state index in [2.05, 4.69) is 16.7 Å². The van der Waals surface area contributed by atoms with Crippen molar-refractivity contribution in [2.24, 2.45) is 0 Å². The summed E-state index contributed by atoms with van der Waals surface area (Å²) in [4.78, 5) is 11.8. The Bertz CT molecular complexity index is 689. The lowest BCUT2D eigenvalue weighted by Crippen LogP contribution is -2.28. The average Bonchev–Trinajstić information content (AvgIpc) is 2.54. The predicted octanol–water partition coefficient (Wildman–Crippen LogP) is 4.14. The van der Waals surface area contributed by atoms with Crippen LogP contribution in [0, 0.1) is 6.92 Å². The fourth-order valence-corrected chi connectivity index (χ4v) is 2.89. The molecule has 1 amide bonds. The van der Waals surface area contributed by atoms with Crippen LogP contribution in [-0.4, -0.2) is 19.0 Å². The van der Waals surface area contributed by atoms with Gasteiger partial charge in [-0.1, -0.05) is 59.1 Å². The maximum Gasteiger partial charge on any atom is 0.221 e. The van der Waals surface area contributed by atoms with Crippen LogP contribution in [0.3, 0.4) is 0 Å². The molecule has 0 saturated carbocycles. The van der Waals surface area contributed by atoms with E-state index in [0.717, 1.165) is 24.1 Å². The molecule has 3 nitrogen and oxygen atoms in total. The Labute approximate surface area is 153 Å². The van der Waals surface area contributed by atoms with E-state index in [1.807, 2.05) is 37.3 Å².